The Hall–Kier alpha value is -2.30. The summed E-state index contributed by atoms with van der Waals surface area (Å²) in [6.45, 7) is 0. The molecule has 1 aromatic heterocycles. The highest BCUT2D eigenvalue weighted by Crippen LogP contribution is 2.28. The van der Waals surface area contributed by atoms with Crippen LogP contribution < -0.4 is 4.74 Å². The number of ether oxygens (including phenoxy) is 1. The lowest BCUT2D eigenvalue weighted by atomic mass is 10.1. The summed E-state index contributed by atoms with van der Waals surface area (Å²) in [5, 5.41) is 0. The van der Waals surface area contributed by atoms with Gasteiger partial charge in [0.1, 0.15) is 23.6 Å². The molecule has 0 amide bonds. The number of aldehydes is 1. The minimum Gasteiger partial charge on any atom is -0.496 e. The number of rotatable bonds is 3. The molecule has 1 aromatic carbocycles. The van der Waals surface area contributed by atoms with Gasteiger partial charge in [-0.05, 0) is 24.3 Å². The zero-order valence-electron chi connectivity index (χ0n) is 9.05. The molecule has 0 saturated heterocycles. The second-order valence-corrected chi connectivity index (χ2v) is 3.29. The van der Waals surface area contributed by atoms with Crippen molar-refractivity contribution in [3.05, 3.63) is 42.1 Å². The summed E-state index contributed by atoms with van der Waals surface area (Å²) in [7, 11) is 1.48. The lowest BCUT2D eigenvalue weighted by Gasteiger charge is -2.07. The maximum absolute atomic E-state index is 13.2. The molecule has 4 nitrogen and oxygen atoms in total. The summed E-state index contributed by atoms with van der Waals surface area (Å²) in [5.74, 6) is 0.0917. The molecule has 0 spiro atoms. The van der Waals surface area contributed by atoms with E-state index in [1.54, 1.807) is 0 Å². The largest absolute Gasteiger partial charge is 0.496 e. The SMILES string of the molecule is COc1ccc(F)cc1-c1cc(C=O)ncn1. The summed E-state index contributed by atoms with van der Waals surface area (Å²) in [5.41, 5.74) is 1.16. The number of carbonyl (C=O) groups excluding carboxylic acids is 1. The number of hydrogen-bond acceptors (Lipinski definition) is 4. The maximum atomic E-state index is 13.2. The van der Waals surface area contributed by atoms with Crippen LogP contribution in [0.3, 0.4) is 0 Å². The van der Waals surface area contributed by atoms with Crippen LogP contribution in [0.25, 0.3) is 11.3 Å². The van der Waals surface area contributed by atoms with Crippen molar-refractivity contribution < 1.29 is 13.9 Å². The summed E-state index contributed by atoms with van der Waals surface area (Å²) in [6, 6.07) is 5.58. The Balaban J connectivity index is 2.58. The van der Waals surface area contributed by atoms with Gasteiger partial charge in [-0.1, -0.05) is 0 Å². The molecule has 2 rings (SSSR count). The highest BCUT2D eigenvalue weighted by molar-refractivity contribution is 5.76. The molecule has 0 bridgehead atoms. The van der Waals surface area contributed by atoms with Crippen LogP contribution in [-0.4, -0.2) is 23.4 Å². The first-order valence-corrected chi connectivity index (χ1v) is 4.85. The first kappa shape index (κ1) is 11.2. The number of halogens is 1. The van der Waals surface area contributed by atoms with E-state index < -0.39 is 5.82 Å². The molecular formula is C12H9FN2O2. The van der Waals surface area contributed by atoms with Gasteiger partial charge in [-0.3, -0.25) is 4.79 Å². The van der Waals surface area contributed by atoms with Crippen LogP contribution in [0.1, 0.15) is 10.5 Å². The number of nitrogens with zero attached hydrogens (tertiary/aromatic N) is 2. The smallest absolute Gasteiger partial charge is 0.168 e. The van der Waals surface area contributed by atoms with Crippen molar-refractivity contribution in [2.24, 2.45) is 0 Å². The van der Waals surface area contributed by atoms with Crippen molar-refractivity contribution in [3.8, 4) is 17.0 Å². The third-order valence-corrected chi connectivity index (χ3v) is 2.25. The highest BCUT2D eigenvalue weighted by atomic mass is 19.1. The van der Waals surface area contributed by atoms with Crippen molar-refractivity contribution in [1.29, 1.82) is 0 Å². The molecule has 1 heterocycles. The van der Waals surface area contributed by atoms with Crippen molar-refractivity contribution in [2.75, 3.05) is 7.11 Å². The number of aromatic nitrogens is 2. The van der Waals surface area contributed by atoms with Gasteiger partial charge in [-0.15, -0.1) is 0 Å². The van der Waals surface area contributed by atoms with Crippen LogP contribution in [0, 0.1) is 5.82 Å². The molecule has 0 aliphatic rings. The van der Waals surface area contributed by atoms with E-state index in [1.807, 2.05) is 0 Å². The van der Waals surface area contributed by atoms with Gasteiger partial charge in [-0.2, -0.15) is 0 Å². The summed E-state index contributed by atoms with van der Waals surface area (Å²) in [4.78, 5) is 18.4. The van der Waals surface area contributed by atoms with E-state index in [0.29, 0.717) is 23.3 Å². The van der Waals surface area contributed by atoms with Gasteiger partial charge in [0.15, 0.2) is 6.29 Å². The van der Waals surface area contributed by atoms with Crippen molar-refractivity contribution in [2.45, 2.75) is 0 Å². The van der Waals surface area contributed by atoms with Crippen LogP contribution in [-0.2, 0) is 0 Å². The van der Waals surface area contributed by atoms with Crippen molar-refractivity contribution in [3.63, 3.8) is 0 Å². The topological polar surface area (TPSA) is 52.1 Å². The van der Waals surface area contributed by atoms with Gasteiger partial charge in [-0.25, -0.2) is 14.4 Å². The Kier molecular flexibility index (Phi) is 3.09. The molecule has 0 atom stereocenters. The average molecular weight is 232 g/mol. The molecule has 2 aromatic rings. The standard InChI is InChI=1S/C12H9FN2O2/c1-17-12-3-2-8(13)4-10(12)11-5-9(6-16)14-7-15-11/h2-7H,1H3. The fourth-order valence-corrected chi connectivity index (χ4v) is 1.46. The molecule has 0 aliphatic carbocycles. The Morgan fingerprint density at radius 1 is 1.29 bits per heavy atom. The van der Waals surface area contributed by atoms with Gasteiger partial charge in [0.2, 0.25) is 0 Å². The number of benzene rings is 1. The van der Waals surface area contributed by atoms with E-state index in [1.165, 1.54) is 37.7 Å². The number of hydrogen-bond donors (Lipinski definition) is 0. The van der Waals surface area contributed by atoms with E-state index in [-0.39, 0.29) is 5.69 Å². The minimum atomic E-state index is -0.396. The predicted octanol–water partition coefficient (Wildman–Crippen LogP) is 2.10. The normalized spacial score (nSPS) is 10.0. The third-order valence-electron chi connectivity index (χ3n) is 2.25. The molecule has 0 N–H and O–H groups in total. The summed E-state index contributed by atoms with van der Waals surface area (Å²) >= 11 is 0. The molecule has 0 saturated carbocycles. The molecule has 86 valence electrons. The zero-order chi connectivity index (χ0) is 12.3. The van der Waals surface area contributed by atoms with Gasteiger partial charge in [0.25, 0.3) is 0 Å². The zero-order valence-corrected chi connectivity index (χ0v) is 9.05. The maximum Gasteiger partial charge on any atom is 0.168 e. The Morgan fingerprint density at radius 2 is 2.12 bits per heavy atom. The van der Waals surface area contributed by atoms with Crippen molar-refractivity contribution in [1.82, 2.24) is 9.97 Å². The van der Waals surface area contributed by atoms with Crippen molar-refractivity contribution >= 4 is 6.29 Å². The molecule has 0 radical (unpaired) electrons. The number of methoxy groups -OCH3 is 1. The van der Waals surface area contributed by atoms with E-state index in [4.69, 9.17) is 4.74 Å². The second-order valence-electron chi connectivity index (χ2n) is 3.29. The van der Waals surface area contributed by atoms with E-state index in [2.05, 4.69) is 9.97 Å². The van der Waals surface area contributed by atoms with E-state index in [9.17, 15) is 9.18 Å². The van der Waals surface area contributed by atoms with Crippen LogP contribution in [0.15, 0.2) is 30.6 Å². The first-order valence-electron chi connectivity index (χ1n) is 4.85. The quantitative estimate of drug-likeness (QED) is 0.760. The highest BCUT2D eigenvalue weighted by Gasteiger charge is 2.09. The average Bonchev–Trinajstić information content (AvgIpc) is 2.39. The molecule has 5 heteroatoms. The lowest BCUT2D eigenvalue weighted by Crippen LogP contribution is -1.94. The molecular weight excluding hydrogens is 223 g/mol. The first-order chi connectivity index (χ1) is 8.24. The lowest BCUT2D eigenvalue weighted by molar-refractivity contribution is 0.111. The molecule has 0 aliphatic heterocycles. The fourth-order valence-electron chi connectivity index (χ4n) is 1.46. The van der Waals surface area contributed by atoms with Crippen LogP contribution in [0.4, 0.5) is 4.39 Å². The van der Waals surface area contributed by atoms with Gasteiger partial charge in [0.05, 0.1) is 12.8 Å². The molecule has 17 heavy (non-hydrogen) atoms. The summed E-state index contributed by atoms with van der Waals surface area (Å²) in [6.07, 6.45) is 1.86. The Bertz CT molecular complexity index is 558. The summed E-state index contributed by atoms with van der Waals surface area (Å²) < 4.78 is 18.3. The third kappa shape index (κ3) is 2.28. The second kappa shape index (κ2) is 4.69. The predicted molar refractivity (Wildman–Crippen MR) is 59.4 cm³/mol. The van der Waals surface area contributed by atoms with Gasteiger partial charge in [0, 0.05) is 5.56 Å². The van der Waals surface area contributed by atoms with Crippen LogP contribution in [0.2, 0.25) is 0 Å². The van der Waals surface area contributed by atoms with E-state index >= 15 is 0 Å². The minimum absolute atomic E-state index is 0.237. The Morgan fingerprint density at radius 3 is 2.82 bits per heavy atom. The molecule has 0 fully saturated rings. The number of carbonyl (C=O) groups is 1. The van der Waals surface area contributed by atoms with Crippen LogP contribution in [0.5, 0.6) is 5.75 Å². The van der Waals surface area contributed by atoms with Gasteiger partial charge < -0.3 is 4.74 Å². The fraction of sp³-hybridized carbons (Fsp3) is 0.0833. The van der Waals surface area contributed by atoms with E-state index in [0.717, 1.165) is 0 Å². The van der Waals surface area contributed by atoms with Crippen LogP contribution >= 0.6 is 0 Å². The monoisotopic (exact) mass is 232 g/mol. The Labute approximate surface area is 97.1 Å². The molecule has 0 unspecified atom stereocenters. The van der Waals surface area contributed by atoms with Gasteiger partial charge >= 0.3 is 0 Å².